The summed E-state index contributed by atoms with van der Waals surface area (Å²) in [6.45, 7) is 0.251. The van der Waals surface area contributed by atoms with Crippen molar-refractivity contribution in [1.29, 1.82) is 0 Å². The van der Waals surface area contributed by atoms with Crippen LogP contribution in [0.15, 0.2) is 36.4 Å². The number of esters is 1. The van der Waals surface area contributed by atoms with E-state index in [0.29, 0.717) is 23.1 Å². The summed E-state index contributed by atoms with van der Waals surface area (Å²) in [5, 5.41) is 10.3. The van der Waals surface area contributed by atoms with Gasteiger partial charge in [-0.25, -0.2) is 0 Å². The highest BCUT2D eigenvalue weighted by atomic mass is 127. The van der Waals surface area contributed by atoms with Crippen molar-refractivity contribution in [3.8, 4) is 11.5 Å². The van der Waals surface area contributed by atoms with Crippen molar-refractivity contribution in [2.75, 3.05) is 20.3 Å². The van der Waals surface area contributed by atoms with E-state index in [2.05, 4.69) is 22.6 Å². The van der Waals surface area contributed by atoms with Gasteiger partial charge in [-0.1, -0.05) is 23.7 Å². The number of ether oxygens (including phenoxy) is 3. The SMILES string of the molecule is COC(=O)C[C@@H]1COc2cc(OC(CO)c3cccc(Cl)c3)c(I)cc21. The van der Waals surface area contributed by atoms with E-state index in [-0.39, 0.29) is 24.9 Å². The zero-order valence-electron chi connectivity index (χ0n) is 14.1. The van der Waals surface area contributed by atoms with Crippen LogP contribution in [0.2, 0.25) is 5.02 Å². The number of aliphatic hydroxyl groups is 1. The normalized spacial score (nSPS) is 16.5. The average Bonchev–Trinajstić information content (AvgIpc) is 3.01. The fourth-order valence-corrected chi connectivity index (χ4v) is 3.71. The van der Waals surface area contributed by atoms with Crippen molar-refractivity contribution in [3.05, 3.63) is 56.1 Å². The second-order valence-electron chi connectivity index (χ2n) is 5.95. The zero-order chi connectivity index (χ0) is 18.7. The predicted molar refractivity (Wildman–Crippen MR) is 106 cm³/mol. The monoisotopic (exact) mass is 488 g/mol. The quantitative estimate of drug-likeness (QED) is 0.490. The number of carbonyl (C=O) groups is 1. The molecule has 5 nitrogen and oxygen atoms in total. The van der Waals surface area contributed by atoms with Crippen molar-refractivity contribution < 1.29 is 24.1 Å². The molecule has 0 saturated carbocycles. The highest BCUT2D eigenvalue weighted by molar-refractivity contribution is 14.1. The molecular formula is C19H18ClIO5. The molecule has 0 spiro atoms. The maximum absolute atomic E-state index is 11.6. The molecule has 2 aromatic carbocycles. The van der Waals surface area contributed by atoms with Crippen LogP contribution < -0.4 is 9.47 Å². The number of aliphatic hydroxyl groups excluding tert-OH is 1. The van der Waals surface area contributed by atoms with Crippen molar-refractivity contribution in [2.45, 2.75) is 18.4 Å². The van der Waals surface area contributed by atoms with E-state index in [1.54, 1.807) is 12.1 Å². The summed E-state index contributed by atoms with van der Waals surface area (Å²) in [5.74, 6) is 1.02. The minimum absolute atomic E-state index is 0.0263. The van der Waals surface area contributed by atoms with Crippen LogP contribution in [-0.4, -0.2) is 31.4 Å². The first kappa shape index (κ1) is 19.3. The first-order valence-electron chi connectivity index (χ1n) is 8.08. The molecule has 1 unspecified atom stereocenters. The molecule has 2 atom stereocenters. The summed E-state index contributed by atoms with van der Waals surface area (Å²) in [6, 6.07) is 11.0. The smallest absolute Gasteiger partial charge is 0.306 e. The Labute approximate surface area is 170 Å². The van der Waals surface area contributed by atoms with E-state index in [1.165, 1.54) is 7.11 Å². The van der Waals surface area contributed by atoms with Crippen LogP contribution in [-0.2, 0) is 9.53 Å². The Balaban J connectivity index is 1.82. The second kappa shape index (κ2) is 8.45. The number of rotatable bonds is 6. The predicted octanol–water partition coefficient (Wildman–Crippen LogP) is 4.10. The highest BCUT2D eigenvalue weighted by Gasteiger charge is 2.29. The molecule has 26 heavy (non-hydrogen) atoms. The number of carbonyl (C=O) groups excluding carboxylic acids is 1. The van der Waals surface area contributed by atoms with Crippen LogP contribution in [0.3, 0.4) is 0 Å². The van der Waals surface area contributed by atoms with Gasteiger partial charge in [-0.15, -0.1) is 0 Å². The maximum Gasteiger partial charge on any atom is 0.306 e. The summed E-state index contributed by atoms with van der Waals surface area (Å²) in [6.07, 6.45) is -0.255. The third-order valence-electron chi connectivity index (χ3n) is 4.24. The summed E-state index contributed by atoms with van der Waals surface area (Å²) in [5.41, 5.74) is 1.76. The van der Waals surface area contributed by atoms with Gasteiger partial charge in [0.25, 0.3) is 0 Å². The van der Waals surface area contributed by atoms with E-state index in [0.717, 1.165) is 14.7 Å². The second-order valence-corrected chi connectivity index (χ2v) is 7.55. The van der Waals surface area contributed by atoms with Gasteiger partial charge in [-0.2, -0.15) is 0 Å². The molecule has 1 heterocycles. The average molecular weight is 489 g/mol. The molecule has 0 bridgehead atoms. The molecule has 138 valence electrons. The van der Waals surface area contributed by atoms with Gasteiger partial charge >= 0.3 is 5.97 Å². The molecule has 2 aromatic rings. The molecule has 7 heteroatoms. The van der Waals surface area contributed by atoms with Crippen LogP contribution in [0.4, 0.5) is 0 Å². The Hall–Kier alpha value is -1.51. The van der Waals surface area contributed by atoms with Crippen molar-refractivity contribution >= 4 is 40.2 Å². The zero-order valence-corrected chi connectivity index (χ0v) is 17.0. The molecule has 3 rings (SSSR count). The van der Waals surface area contributed by atoms with E-state index < -0.39 is 6.10 Å². The lowest BCUT2D eigenvalue weighted by Crippen LogP contribution is -2.13. The van der Waals surface area contributed by atoms with Gasteiger partial charge in [-0.05, 0) is 46.4 Å². The standard InChI is InChI=1S/C19H18ClIO5/c1-24-19(23)6-12-10-25-16-8-17(15(21)7-14(12)16)26-18(9-22)11-3-2-4-13(20)5-11/h2-5,7-8,12,18,22H,6,9-10H2,1H3/t12-,18?/m1/s1. The van der Waals surface area contributed by atoms with Gasteiger partial charge < -0.3 is 19.3 Å². The fraction of sp³-hybridized carbons (Fsp3) is 0.316. The van der Waals surface area contributed by atoms with Gasteiger partial charge in [0, 0.05) is 22.6 Å². The lowest BCUT2D eigenvalue weighted by Gasteiger charge is -2.19. The summed E-state index contributed by atoms with van der Waals surface area (Å²) in [7, 11) is 1.38. The molecule has 0 saturated heterocycles. The highest BCUT2D eigenvalue weighted by Crippen LogP contribution is 2.41. The fourth-order valence-electron chi connectivity index (χ4n) is 2.89. The number of methoxy groups -OCH3 is 1. The molecule has 1 aliphatic heterocycles. The largest absolute Gasteiger partial charge is 0.492 e. The summed E-state index contributed by atoms with van der Waals surface area (Å²) >= 11 is 8.21. The van der Waals surface area contributed by atoms with Crippen LogP contribution in [0.25, 0.3) is 0 Å². The Morgan fingerprint density at radius 1 is 1.42 bits per heavy atom. The number of hydrogen-bond acceptors (Lipinski definition) is 5. The minimum Gasteiger partial charge on any atom is -0.492 e. The lowest BCUT2D eigenvalue weighted by atomic mass is 9.98. The number of benzene rings is 2. The van der Waals surface area contributed by atoms with Crippen LogP contribution in [0.5, 0.6) is 11.5 Å². The Morgan fingerprint density at radius 2 is 2.23 bits per heavy atom. The Morgan fingerprint density at radius 3 is 2.92 bits per heavy atom. The summed E-state index contributed by atoms with van der Waals surface area (Å²) in [4.78, 5) is 11.6. The third-order valence-corrected chi connectivity index (χ3v) is 5.32. The first-order chi connectivity index (χ1) is 12.5. The molecule has 0 fully saturated rings. The molecule has 0 aliphatic carbocycles. The van der Waals surface area contributed by atoms with Crippen LogP contribution in [0.1, 0.15) is 29.6 Å². The molecule has 1 aliphatic rings. The lowest BCUT2D eigenvalue weighted by molar-refractivity contribution is -0.141. The molecule has 0 amide bonds. The minimum atomic E-state index is -0.535. The van der Waals surface area contributed by atoms with Crippen molar-refractivity contribution in [1.82, 2.24) is 0 Å². The number of halogens is 2. The Kier molecular flexibility index (Phi) is 6.26. The van der Waals surface area contributed by atoms with E-state index in [4.69, 9.17) is 25.8 Å². The van der Waals surface area contributed by atoms with E-state index in [1.807, 2.05) is 24.3 Å². The topological polar surface area (TPSA) is 65.0 Å². The van der Waals surface area contributed by atoms with Gasteiger partial charge in [-0.3, -0.25) is 4.79 Å². The molecule has 0 radical (unpaired) electrons. The van der Waals surface area contributed by atoms with Crippen molar-refractivity contribution in [3.63, 3.8) is 0 Å². The number of hydrogen-bond donors (Lipinski definition) is 1. The third kappa shape index (κ3) is 4.24. The number of fused-ring (bicyclic) bond motifs is 1. The van der Waals surface area contributed by atoms with Crippen LogP contribution in [0, 0.1) is 3.57 Å². The molecular weight excluding hydrogens is 471 g/mol. The van der Waals surface area contributed by atoms with E-state index >= 15 is 0 Å². The maximum atomic E-state index is 11.6. The van der Waals surface area contributed by atoms with Gasteiger partial charge in [0.15, 0.2) is 0 Å². The molecule has 0 aromatic heterocycles. The van der Waals surface area contributed by atoms with Crippen LogP contribution >= 0.6 is 34.2 Å². The van der Waals surface area contributed by atoms with E-state index in [9.17, 15) is 9.90 Å². The van der Waals surface area contributed by atoms with Gasteiger partial charge in [0.1, 0.15) is 17.6 Å². The summed E-state index contributed by atoms with van der Waals surface area (Å²) < 4.78 is 17.4. The Bertz CT molecular complexity index is 811. The van der Waals surface area contributed by atoms with Gasteiger partial charge in [0.05, 0.1) is 30.3 Å². The molecule has 1 N–H and O–H groups in total. The van der Waals surface area contributed by atoms with Gasteiger partial charge in [0.2, 0.25) is 0 Å². The first-order valence-corrected chi connectivity index (χ1v) is 9.53. The van der Waals surface area contributed by atoms with Crippen molar-refractivity contribution in [2.24, 2.45) is 0 Å².